The van der Waals surface area contributed by atoms with Crippen LogP contribution in [-0.4, -0.2) is 45.4 Å². The minimum Gasteiger partial charge on any atom is -0.497 e. The Morgan fingerprint density at radius 3 is 1.34 bits per heavy atom. The molecular formula is C40H41NO6. The maximum absolute atomic E-state index is 6.86. The molecule has 1 aliphatic heterocycles. The normalized spacial score (nSPS) is 19.2. The average molecular weight is 632 g/mol. The van der Waals surface area contributed by atoms with Gasteiger partial charge in [-0.2, -0.15) is 0 Å². The highest BCUT2D eigenvalue weighted by Gasteiger charge is 2.46. The van der Waals surface area contributed by atoms with Crippen molar-refractivity contribution in [3.63, 3.8) is 0 Å². The van der Waals surface area contributed by atoms with Crippen molar-refractivity contribution < 1.29 is 28.4 Å². The van der Waals surface area contributed by atoms with Gasteiger partial charge in [-0.05, 0) is 65.2 Å². The number of nitrogens with zero attached hydrogens (tertiary/aromatic N) is 1. The summed E-state index contributed by atoms with van der Waals surface area (Å²) in [5, 5.41) is 0. The summed E-state index contributed by atoms with van der Waals surface area (Å²) in [6, 6.07) is 46.4. The van der Waals surface area contributed by atoms with E-state index in [2.05, 4.69) is 41.3 Å². The quantitative estimate of drug-likeness (QED) is 0.123. The van der Waals surface area contributed by atoms with Crippen LogP contribution in [0.5, 0.6) is 11.5 Å². The van der Waals surface area contributed by atoms with Crippen LogP contribution in [0.3, 0.4) is 0 Å². The van der Waals surface area contributed by atoms with Crippen molar-refractivity contribution in [2.75, 3.05) is 25.7 Å². The lowest BCUT2D eigenvalue weighted by Gasteiger charge is -2.46. The maximum Gasteiger partial charge on any atom is 0.163 e. The lowest BCUT2D eigenvalue weighted by molar-refractivity contribution is -0.236. The fourth-order valence-corrected chi connectivity index (χ4v) is 5.74. The van der Waals surface area contributed by atoms with E-state index in [1.54, 1.807) is 14.2 Å². The van der Waals surface area contributed by atoms with Gasteiger partial charge >= 0.3 is 0 Å². The van der Waals surface area contributed by atoms with Gasteiger partial charge in [0.05, 0.1) is 40.6 Å². The van der Waals surface area contributed by atoms with E-state index in [1.165, 1.54) is 0 Å². The molecular weight excluding hydrogens is 590 g/mol. The molecule has 0 aliphatic carbocycles. The molecule has 0 spiro atoms. The van der Waals surface area contributed by atoms with Gasteiger partial charge in [-0.3, -0.25) is 0 Å². The monoisotopic (exact) mass is 631 g/mol. The fourth-order valence-electron chi connectivity index (χ4n) is 5.74. The molecule has 1 aliphatic rings. The average Bonchev–Trinajstić information content (AvgIpc) is 3.14. The predicted molar refractivity (Wildman–Crippen MR) is 183 cm³/mol. The Kier molecular flexibility index (Phi) is 11.2. The first-order valence-corrected chi connectivity index (χ1v) is 15.9. The Hall–Kier alpha value is -4.66. The number of rotatable bonds is 14. The first kappa shape index (κ1) is 32.3. The molecule has 1 saturated heterocycles. The minimum atomic E-state index is -0.558. The molecule has 47 heavy (non-hydrogen) atoms. The smallest absolute Gasteiger partial charge is 0.163 e. The third-order valence-corrected chi connectivity index (χ3v) is 8.24. The van der Waals surface area contributed by atoms with E-state index < -0.39 is 18.4 Å². The standard InChI is InChI=1S/C40H41NO6/c1-42-35-22-18-33(19-23-35)41(34-20-24-36(43-2)25-21-34)40-39(46-28-32-16-10-5-11-17-32)38(45-27-31-14-8-4-9-15-31)37(29-47-40)44-26-30-12-6-3-7-13-30/h3-25,37-40H,26-29H2,1-2H3/t37-,38-,39+,40?/m0/s1. The highest BCUT2D eigenvalue weighted by molar-refractivity contribution is 5.65. The van der Waals surface area contributed by atoms with Crippen LogP contribution in [0, 0.1) is 0 Å². The highest BCUT2D eigenvalue weighted by atomic mass is 16.6. The van der Waals surface area contributed by atoms with Gasteiger partial charge in [0.2, 0.25) is 0 Å². The zero-order valence-electron chi connectivity index (χ0n) is 26.8. The van der Waals surface area contributed by atoms with Crippen LogP contribution in [0.15, 0.2) is 140 Å². The predicted octanol–water partition coefficient (Wildman–Crippen LogP) is 7.95. The summed E-state index contributed by atoms with van der Waals surface area (Å²) in [5.74, 6) is 1.53. The summed E-state index contributed by atoms with van der Waals surface area (Å²) < 4.78 is 38.0. The zero-order chi connectivity index (χ0) is 32.3. The molecule has 0 bridgehead atoms. The summed E-state index contributed by atoms with van der Waals surface area (Å²) in [6.45, 7) is 1.52. The summed E-state index contributed by atoms with van der Waals surface area (Å²) in [4.78, 5) is 2.15. The van der Waals surface area contributed by atoms with Crippen molar-refractivity contribution in [2.24, 2.45) is 0 Å². The second-order valence-corrected chi connectivity index (χ2v) is 11.3. The van der Waals surface area contributed by atoms with E-state index in [4.69, 9.17) is 28.4 Å². The third-order valence-electron chi connectivity index (χ3n) is 8.24. The molecule has 0 radical (unpaired) electrons. The van der Waals surface area contributed by atoms with Crippen LogP contribution in [-0.2, 0) is 38.8 Å². The number of anilines is 2. The topological polar surface area (TPSA) is 58.6 Å². The fraction of sp³-hybridized carbons (Fsp3) is 0.250. The van der Waals surface area contributed by atoms with Gasteiger partial charge in [0.1, 0.15) is 29.8 Å². The van der Waals surface area contributed by atoms with E-state index in [0.717, 1.165) is 39.6 Å². The second-order valence-electron chi connectivity index (χ2n) is 11.3. The zero-order valence-corrected chi connectivity index (χ0v) is 26.8. The third kappa shape index (κ3) is 8.39. The minimum absolute atomic E-state index is 0.310. The van der Waals surface area contributed by atoms with Crippen molar-refractivity contribution in [1.82, 2.24) is 0 Å². The molecule has 0 N–H and O–H groups in total. The maximum atomic E-state index is 6.86. The first-order chi connectivity index (χ1) is 23.2. The molecule has 6 rings (SSSR count). The van der Waals surface area contributed by atoms with Crippen LogP contribution in [0.2, 0.25) is 0 Å². The SMILES string of the molecule is COc1ccc(N(c2ccc(OC)cc2)C2OC[C@H](OCc3ccccc3)[C@H](OCc3ccccc3)[C@H]2OCc2ccccc2)cc1. The molecule has 4 atom stereocenters. The van der Waals surface area contributed by atoms with Crippen LogP contribution < -0.4 is 14.4 Å². The molecule has 1 heterocycles. The van der Waals surface area contributed by atoms with E-state index in [-0.39, 0.29) is 6.10 Å². The van der Waals surface area contributed by atoms with E-state index in [9.17, 15) is 0 Å². The van der Waals surface area contributed by atoms with Crippen molar-refractivity contribution in [3.8, 4) is 11.5 Å². The van der Waals surface area contributed by atoms with Gasteiger partial charge in [-0.25, -0.2) is 0 Å². The van der Waals surface area contributed by atoms with Gasteiger partial charge < -0.3 is 33.3 Å². The van der Waals surface area contributed by atoms with Gasteiger partial charge in [0.25, 0.3) is 0 Å². The molecule has 0 aromatic heterocycles. The lowest BCUT2D eigenvalue weighted by Crippen LogP contribution is -2.60. The molecule has 0 amide bonds. The van der Waals surface area contributed by atoms with E-state index in [0.29, 0.717) is 26.4 Å². The molecule has 5 aromatic carbocycles. The van der Waals surface area contributed by atoms with Gasteiger partial charge in [-0.1, -0.05) is 91.0 Å². The molecule has 0 saturated carbocycles. The van der Waals surface area contributed by atoms with Crippen LogP contribution >= 0.6 is 0 Å². The van der Waals surface area contributed by atoms with Crippen molar-refractivity contribution in [2.45, 2.75) is 44.4 Å². The summed E-state index contributed by atoms with van der Waals surface area (Å²) in [7, 11) is 3.33. The Morgan fingerprint density at radius 1 is 0.511 bits per heavy atom. The van der Waals surface area contributed by atoms with E-state index >= 15 is 0 Å². The Bertz CT molecular complexity index is 1570. The largest absolute Gasteiger partial charge is 0.497 e. The molecule has 1 fully saturated rings. The number of hydrogen-bond donors (Lipinski definition) is 0. The van der Waals surface area contributed by atoms with E-state index in [1.807, 2.05) is 103 Å². The lowest BCUT2D eigenvalue weighted by atomic mass is 10.0. The molecule has 5 aromatic rings. The second kappa shape index (κ2) is 16.3. The molecule has 7 nitrogen and oxygen atoms in total. The number of ether oxygens (including phenoxy) is 6. The highest BCUT2D eigenvalue weighted by Crippen LogP contribution is 2.37. The molecule has 242 valence electrons. The van der Waals surface area contributed by atoms with Gasteiger partial charge in [0.15, 0.2) is 6.23 Å². The van der Waals surface area contributed by atoms with Crippen molar-refractivity contribution >= 4 is 11.4 Å². The van der Waals surface area contributed by atoms with Crippen molar-refractivity contribution in [1.29, 1.82) is 0 Å². The summed E-state index contributed by atoms with van der Waals surface area (Å²) in [5.41, 5.74) is 5.04. The van der Waals surface area contributed by atoms with Crippen molar-refractivity contribution in [3.05, 3.63) is 156 Å². The van der Waals surface area contributed by atoms with Crippen LogP contribution in [0.1, 0.15) is 16.7 Å². The first-order valence-electron chi connectivity index (χ1n) is 15.9. The van der Waals surface area contributed by atoms with Gasteiger partial charge in [-0.15, -0.1) is 0 Å². The number of hydrogen-bond acceptors (Lipinski definition) is 7. The summed E-state index contributed by atoms with van der Waals surface area (Å²) in [6.07, 6.45) is -1.94. The van der Waals surface area contributed by atoms with Crippen LogP contribution in [0.4, 0.5) is 11.4 Å². The van der Waals surface area contributed by atoms with Crippen LogP contribution in [0.25, 0.3) is 0 Å². The van der Waals surface area contributed by atoms with Gasteiger partial charge in [0, 0.05) is 11.4 Å². The summed E-state index contributed by atoms with van der Waals surface area (Å²) >= 11 is 0. The number of methoxy groups -OCH3 is 2. The number of benzene rings is 5. The molecule has 1 unspecified atom stereocenters. The Morgan fingerprint density at radius 2 is 0.915 bits per heavy atom. The Labute approximate surface area is 277 Å². The Balaban J connectivity index is 1.38. The molecule has 7 heteroatoms.